The smallest absolute Gasteiger partial charge is 0.242 e. The van der Waals surface area contributed by atoms with E-state index in [-0.39, 0.29) is 5.78 Å². The van der Waals surface area contributed by atoms with Crippen molar-refractivity contribution >= 4 is 14.1 Å². The number of nitrogens with zero attached hydrogens (tertiary/aromatic N) is 1. The number of ether oxygens (including phenoxy) is 2. The molecule has 0 saturated carbocycles. The molecule has 24 heavy (non-hydrogen) atoms. The van der Waals surface area contributed by atoms with Gasteiger partial charge < -0.3 is 13.9 Å². The van der Waals surface area contributed by atoms with Crippen molar-refractivity contribution in [1.29, 1.82) is 0 Å². The number of hydrogen-bond donors (Lipinski definition) is 0. The molecule has 6 heteroatoms. The van der Waals surface area contributed by atoms with Crippen molar-refractivity contribution in [2.24, 2.45) is 0 Å². The zero-order chi connectivity index (χ0) is 18.0. The van der Waals surface area contributed by atoms with E-state index < -0.39 is 13.9 Å². The van der Waals surface area contributed by atoms with Crippen molar-refractivity contribution in [2.75, 3.05) is 33.4 Å². The molecule has 0 aliphatic carbocycles. The van der Waals surface area contributed by atoms with Gasteiger partial charge in [-0.2, -0.15) is 0 Å². The second-order valence-electron chi connectivity index (χ2n) is 7.57. The molecule has 0 spiro atoms. The van der Waals surface area contributed by atoms with E-state index in [0.717, 1.165) is 13.1 Å². The fourth-order valence-electron chi connectivity index (χ4n) is 2.84. The van der Waals surface area contributed by atoms with Crippen LogP contribution in [-0.2, 0) is 4.74 Å². The van der Waals surface area contributed by atoms with Crippen LogP contribution in [0.5, 0.6) is 11.5 Å². The number of carbonyl (C=O) groups is 1. The summed E-state index contributed by atoms with van der Waals surface area (Å²) in [7, 11) is -0.136. The van der Waals surface area contributed by atoms with Gasteiger partial charge in [0.15, 0.2) is 11.5 Å². The standard InChI is InChI=1S/C18H29NO4Si/c1-18(2,19-9-11-22-12-10-19)17(20)14-7-8-15(16(13-14)21-3)23-24(4,5)6/h7-8,13H,9-12H2,1-6H3. The summed E-state index contributed by atoms with van der Waals surface area (Å²) in [4.78, 5) is 15.2. The first-order valence-corrected chi connectivity index (χ1v) is 11.8. The summed E-state index contributed by atoms with van der Waals surface area (Å²) in [6, 6.07) is 5.47. The van der Waals surface area contributed by atoms with E-state index in [1.54, 1.807) is 13.2 Å². The third-order valence-corrected chi connectivity index (χ3v) is 5.03. The molecule has 0 atom stereocenters. The molecule has 0 amide bonds. The quantitative estimate of drug-likeness (QED) is 0.582. The summed E-state index contributed by atoms with van der Waals surface area (Å²) in [5.74, 6) is 1.40. The Kier molecular flexibility index (Phi) is 5.73. The lowest BCUT2D eigenvalue weighted by atomic mass is 9.90. The topological polar surface area (TPSA) is 48.0 Å². The molecule has 5 nitrogen and oxygen atoms in total. The molecule has 134 valence electrons. The van der Waals surface area contributed by atoms with Crippen LogP contribution in [0.1, 0.15) is 24.2 Å². The highest BCUT2D eigenvalue weighted by atomic mass is 28.4. The van der Waals surface area contributed by atoms with Crippen molar-refractivity contribution in [3.63, 3.8) is 0 Å². The Morgan fingerprint density at radius 1 is 1.17 bits per heavy atom. The van der Waals surface area contributed by atoms with Crippen LogP contribution in [0.2, 0.25) is 19.6 Å². The minimum Gasteiger partial charge on any atom is -0.542 e. The molecule has 0 radical (unpaired) electrons. The third kappa shape index (κ3) is 4.37. The van der Waals surface area contributed by atoms with E-state index in [1.807, 2.05) is 26.0 Å². The average molecular weight is 352 g/mol. The number of Topliss-reactive ketones (excluding diaryl/α,β-unsaturated/α-hetero) is 1. The second kappa shape index (κ2) is 7.25. The second-order valence-corrected chi connectivity index (χ2v) is 12.0. The van der Waals surface area contributed by atoms with Crippen LogP contribution in [0, 0.1) is 0 Å². The van der Waals surface area contributed by atoms with Crippen LogP contribution in [-0.4, -0.2) is 58.0 Å². The van der Waals surface area contributed by atoms with Crippen LogP contribution in [0.4, 0.5) is 0 Å². The molecule has 1 aromatic rings. The molecule has 1 heterocycles. The number of carbonyl (C=O) groups excluding carboxylic acids is 1. The van der Waals surface area contributed by atoms with Gasteiger partial charge in [-0.25, -0.2) is 0 Å². The Labute approximate surface area is 146 Å². The lowest BCUT2D eigenvalue weighted by Gasteiger charge is -2.39. The van der Waals surface area contributed by atoms with Gasteiger partial charge in [0.1, 0.15) is 5.75 Å². The van der Waals surface area contributed by atoms with E-state index in [2.05, 4.69) is 24.5 Å². The number of benzene rings is 1. The van der Waals surface area contributed by atoms with Crippen molar-refractivity contribution in [3.8, 4) is 11.5 Å². The maximum Gasteiger partial charge on any atom is 0.242 e. The van der Waals surface area contributed by atoms with Crippen LogP contribution in [0.15, 0.2) is 18.2 Å². The average Bonchev–Trinajstić information content (AvgIpc) is 2.54. The highest BCUT2D eigenvalue weighted by Crippen LogP contribution is 2.32. The fourth-order valence-corrected chi connectivity index (χ4v) is 3.67. The van der Waals surface area contributed by atoms with Crippen molar-refractivity contribution in [3.05, 3.63) is 23.8 Å². The van der Waals surface area contributed by atoms with E-state index in [0.29, 0.717) is 30.3 Å². The lowest BCUT2D eigenvalue weighted by molar-refractivity contribution is -0.00430. The molecule has 0 N–H and O–H groups in total. The molecular weight excluding hydrogens is 322 g/mol. The van der Waals surface area contributed by atoms with Gasteiger partial charge >= 0.3 is 0 Å². The van der Waals surface area contributed by atoms with Gasteiger partial charge in [0.05, 0.1) is 25.9 Å². The molecule has 1 aromatic carbocycles. The van der Waals surface area contributed by atoms with Gasteiger partial charge in [0.2, 0.25) is 8.32 Å². The predicted octanol–water partition coefficient (Wildman–Crippen LogP) is 3.20. The van der Waals surface area contributed by atoms with E-state index >= 15 is 0 Å². The normalized spacial score (nSPS) is 16.8. The van der Waals surface area contributed by atoms with E-state index in [9.17, 15) is 4.79 Å². The van der Waals surface area contributed by atoms with Gasteiger partial charge in [-0.3, -0.25) is 9.69 Å². The lowest BCUT2D eigenvalue weighted by Crippen LogP contribution is -2.54. The summed E-state index contributed by atoms with van der Waals surface area (Å²) in [6.45, 7) is 13.2. The number of rotatable bonds is 6. The Hall–Kier alpha value is -1.37. The van der Waals surface area contributed by atoms with E-state index in [4.69, 9.17) is 13.9 Å². The summed E-state index contributed by atoms with van der Waals surface area (Å²) >= 11 is 0. The number of ketones is 1. The number of morpholine rings is 1. The Morgan fingerprint density at radius 2 is 1.79 bits per heavy atom. The summed E-state index contributed by atoms with van der Waals surface area (Å²) in [5.41, 5.74) is 0.0712. The number of methoxy groups -OCH3 is 1. The van der Waals surface area contributed by atoms with Gasteiger partial charge in [-0.1, -0.05) is 0 Å². The zero-order valence-corrected chi connectivity index (χ0v) is 16.6. The molecule has 0 aromatic heterocycles. The van der Waals surface area contributed by atoms with Gasteiger partial charge in [0.25, 0.3) is 0 Å². The highest BCUT2D eigenvalue weighted by Gasteiger charge is 2.36. The SMILES string of the molecule is COc1cc(C(=O)C(C)(C)N2CCOCC2)ccc1O[Si](C)(C)C. The summed E-state index contributed by atoms with van der Waals surface area (Å²) in [5, 5.41) is 0. The van der Waals surface area contributed by atoms with Crippen molar-refractivity contribution in [1.82, 2.24) is 4.90 Å². The predicted molar refractivity (Wildman–Crippen MR) is 97.8 cm³/mol. The first-order chi connectivity index (χ1) is 11.1. The molecule has 0 unspecified atom stereocenters. The largest absolute Gasteiger partial charge is 0.542 e. The molecule has 1 aliphatic rings. The van der Waals surface area contributed by atoms with Gasteiger partial charge in [0, 0.05) is 18.7 Å². The molecule has 1 saturated heterocycles. The van der Waals surface area contributed by atoms with E-state index in [1.165, 1.54) is 0 Å². The molecular formula is C18H29NO4Si. The minimum absolute atomic E-state index is 0.0854. The Bertz CT molecular complexity index is 589. The highest BCUT2D eigenvalue weighted by molar-refractivity contribution is 6.70. The monoisotopic (exact) mass is 351 g/mol. The maximum atomic E-state index is 13.1. The number of hydrogen-bond acceptors (Lipinski definition) is 5. The summed E-state index contributed by atoms with van der Waals surface area (Å²) < 4.78 is 16.9. The maximum absolute atomic E-state index is 13.1. The van der Waals surface area contributed by atoms with Crippen LogP contribution >= 0.6 is 0 Å². The minimum atomic E-state index is -1.74. The van der Waals surface area contributed by atoms with Crippen LogP contribution in [0.25, 0.3) is 0 Å². The zero-order valence-electron chi connectivity index (χ0n) is 15.6. The molecule has 2 rings (SSSR count). The first-order valence-electron chi connectivity index (χ1n) is 8.40. The van der Waals surface area contributed by atoms with Gasteiger partial charge in [-0.05, 0) is 51.7 Å². The van der Waals surface area contributed by atoms with Crippen LogP contribution < -0.4 is 9.16 Å². The Balaban J connectivity index is 2.26. The Morgan fingerprint density at radius 3 is 2.33 bits per heavy atom. The first kappa shape index (κ1) is 19.0. The van der Waals surface area contributed by atoms with Crippen molar-refractivity contribution < 1.29 is 18.7 Å². The molecule has 1 fully saturated rings. The molecule has 0 bridgehead atoms. The molecule has 1 aliphatic heterocycles. The fraction of sp³-hybridized carbons (Fsp3) is 0.611. The van der Waals surface area contributed by atoms with Crippen molar-refractivity contribution in [2.45, 2.75) is 39.0 Å². The van der Waals surface area contributed by atoms with Crippen LogP contribution in [0.3, 0.4) is 0 Å². The third-order valence-electron chi connectivity index (χ3n) is 4.20. The summed E-state index contributed by atoms with van der Waals surface area (Å²) in [6.07, 6.45) is 0. The van der Waals surface area contributed by atoms with Gasteiger partial charge in [-0.15, -0.1) is 0 Å².